The third-order valence-electron chi connectivity index (χ3n) is 4.09. The van der Waals surface area contributed by atoms with Crippen LogP contribution in [-0.2, 0) is 9.84 Å². The van der Waals surface area contributed by atoms with Gasteiger partial charge >= 0.3 is 12.4 Å². The van der Waals surface area contributed by atoms with Crippen LogP contribution in [0.2, 0.25) is 0 Å². The quantitative estimate of drug-likeness (QED) is 0.235. The van der Waals surface area contributed by atoms with Gasteiger partial charge in [-0.1, -0.05) is 0 Å². The highest BCUT2D eigenvalue weighted by molar-refractivity contribution is 7.91. The topological polar surface area (TPSA) is 37.4 Å². The SMILES string of the molecule is CN(C)C[CH+]CCS(=O)(=O)CCC(CC(F)(F)CC(C)(F)C(F)(F)F)C(F)(F)F. The van der Waals surface area contributed by atoms with Gasteiger partial charge in [0.2, 0.25) is 5.67 Å². The largest absolute Gasteiger partial charge is 0.422 e. The number of sulfone groups is 1. The summed E-state index contributed by atoms with van der Waals surface area (Å²) in [7, 11) is -0.580. The van der Waals surface area contributed by atoms with Crippen LogP contribution >= 0.6 is 0 Å². The highest BCUT2D eigenvalue weighted by Gasteiger charge is 2.58. The number of rotatable bonds is 12. The van der Waals surface area contributed by atoms with E-state index in [1.54, 1.807) is 25.4 Å². The summed E-state index contributed by atoms with van der Waals surface area (Å²) in [6.45, 7) is 0.242. The maximum Gasteiger partial charge on any atom is 0.422 e. The van der Waals surface area contributed by atoms with Gasteiger partial charge in [-0.15, -0.1) is 0 Å². The summed E-state index contributed by atoms with van der Waals surface area (Å²) < 4.78 is 141. The van der Waals surface area contributed by atoms with Gasteiger partial charge < -0.3 is 0 Å². The van der Waals surface area contributed by atoms with Gasteiger partial charge in [-0.2, -0.15) is 26.3 Å². The molecule has 0 heterocycles. The molecule has 2 atom stereocenters. The Bertz CT molecular complexity index is 598. The smallest absolute Gasteiger partial charge is 0.272 e. The Balaban J connectivity index is 5.03. The average molecular weight is 466 g/mol. The van der Waals surface area contributed by atoms with E-state index in [0.29, 0.717) is 6.54 Å². The van der Waals surface area contributed by atoms with Gasteiger partial charge in [-0.25, -0.2) is 21.6 Å². The zero-order chi connectivity index (χ0) is 23.3. The Morgan fingerprint density at radius 1 is 0.931 bits per heavy atom. The zero-order valence-corrected chi connectivity index (χ0v) is 17.0. The molecule has 0 aromatic rings. The summed E-state index contributed by atoms with van der Waals surface area (Å²) in [4.78, 5) is 1.72. The van der Waals surface area contributed by atoms with E-state index in [1.165, 1.54) is 0 Å². The first-order chi connectivity index (χ1) is 12.7. The lowest BCUT2D eigenvalue weighted by molar-refractivity contribution is -0.250. The van der Waals surface area contributed by atoms with Crippen molar-refractivity contribution in [2.24, 2.45) is 5.92 Å². The van der Waals surface area contributed by atoms with Crippen molar-refractivity contribution in [1.29, 1.82) is 0 Å². The maximum atomic E-state index is 13.8. The van der Waals surface area contributed by atoms with Gasteiger partial charge in [0, 0.05) is 6.42 Å². The van der Waals surface area contributed by atoms with E-state index >= 15 is 0 Å². The van der Waals surface area contributed by atoms with E-state index in [1.807, 2.05) is 0 Å². The van der Waals surface area contributed by atoms with Crippen molar-refractivity contribution < 1.29 is 47.9 Å². The summed E-state index contributed by atoms with van der Waals surface area (Å²) in [6, 6.07) is 0. The molecule has 0 fully saturated rings. The van der Waals surface area contributed by atoms with Crippen molar-refractivity contribution in [3.63, 3.8) is 0 Å². The molecular weight excluding hydrogens is 441 g/mol. The van der Waals surface area contributed by atoms with Crippen LogP contribution in [-0.4, -0.2) is 69.4 Å². The van der Waals surface area contributed by atoms with E-state index in [0.717, 1.165) is 0 Å². The van der Waals surface area contributed by atoms with E-state index < -0.39 is 70.5 Å². The first kappa shape index (κ1) is 28.1. The standard InChI is InChI=1S/C16H25F9NO2S/c1-13(17,16(23,24)25)11-14(18,19)10-12(15(20,21)22)6-9-29(27,28)8-5-4-7-26(2)3/h4,12H,5-11H2,1-3H3/q+1. The number of nitrogens with zero attached hydrogens (tertiary/aromatic N) is 1. The van der Waals surface area contributed by atoms with Gasteiger partial charge in [0.15, 0.2) is 9.84 Å². The first-order valence-electron chi connectivity index (χ1n) is 8.55. The van der Waals surface area contributed by atoms with Crippen LogP contribution in [0.1, 0.15) is 32.6 Å². The molecule has 0 saturated carbocycles. The number of hydrogen-bond acceptors (Lipinski definition) is 3. The number of alkyl halides is 9. The van der Waals surface area contributed by atoms with Gasteiger partial charge in [0.05, 0.1) is 30.3 Å². The number of unbranched alkanes of at least 4 members (excludes halogenated alkanes) is 1. The Morgan fingerprint density at radius 2 is 1.45 bits per heavy atom. The molecule has 0 aliphatic heterocycles. The van der Waals surface area contributed by atoms with Gasteiger partial charge in [0.25, 0.3) is 5.92 Å². The lowest BCUT2D eigenvalue weighted by atomic mass is 9.90. The van der Waals surface area contributed by atoms with Crippen LogP contribution < -0.4 is 0 Å². The third kappa shape index (κ3) is 11.2. The second kappa shape index (κ2) is 9.97. The summed E-state index contributed by atoms with van der Waals surface area (Å²) in [5.74, 6) is -9.07. The maximum absolute atomic E-state index is 13.8. The molecular formula is C16H25F9NO2S+. The predicted molar refractivity (Wildman–Crippen MR) is 90.0 cm³/mol. The molecule has 3 nitrogen and oxygen atoms in total. The van der Waals surface area contributed by atoms with Crippen molar-refractivity contribution in [2.45, 2.75) is 56.6 Å². The molecule has 0 aliphatic carbocycles. The van der Waals surface area contributed by atoms with Gasteiger partial charge in [-0.05, 0) is 27.4 Å². The molecule has 174 valence electrons. The van der Waals surface area contributed by atoms with Crippen molar-refractivity contribution >= 4 is 9.84 Å². The molecule has 0 amide bonds. The first-order valence-corrected chi connectivity index (χ1v) is 10.4. The number of halogens is 9. The van der Waals surface area contributed by atoms with Crippen molar-refractivity contribution in [2.75, 3.05) is 32.1 Å². The van der Waals surface area contributed by atoms with Crippen LogP contribution in [0.15, 0.2) is 0 Å². The van der Waals surface area contributed by atoms with E-state index in [-0.39, 0.29) is 13.3 Å². The van der Waals surface area contributed by atoms with E-state index in [4.69, 9.17) is 0 Å². The normalized spacial score (nSPS) is 17.3. The fourth-order valence-electron chi connectivity index (χ4n) is 2.44. The van der Waals surface area contributed by atoms with Crippen LogP contribution in [0.4, 0.5) is 39.5 Å². The molecule has 0 radical (unpaired) electrons. The molecule has 0 spiro atoms. The van der Waals surface area contributed by atoms with E-state index in [2.05, 4.69) is 0 Å². The minimum Gasteiger partial charge on any atom is -0.272 e. The fourth-order valence-corrected chi connectivity index (χ4v) is 3.81. The van der Waals surface area contributed by atoms with Gasteiger partial charge in [-0.3, -0.25) is 4.90 Å². The Morgan fingerprint density at radius 3 is 1.86 bits per heavy atom. The molecule has 29 heavy (non-hydrogen) atoms. The lowest BCUT2D eigenvalue weighted by Crippen LogP contribution is -2.44. The second-order valence-electron chi connectivity index (χ2n) is 7.45. The fraction of sp³-hybridized carbons (Fsp3) is 0.938. The molecule has 0 rings (SSSR count). The molecule has 0 aliphatic rings. The summed E-state index contributed by atoms with van der Waals surface area (Å²) in [6.07, 6.45) is -15.2. The zero-order valence-electron chi connectivity index (χ0n) is 16.2. The van der Waals surface area contributed by atoms with Crippen molar-refractivity contribution in [3.05, 3.63) is 6.42 Å². The van der Waals surface area contributed by atoms with Gasteiger partial charge in [0.1, 0.15) is 13.0 Å². The van der Waals surface area contributed by atoms with Crippen molar-refractivity contribution in [1.82, 2.24) is 4.90 Å². The van der Waals surface area contributed by atoms with Crippen LogP contribution in [0.5, 0.6) is 0 Å². The summed E-state index contributed by atoms with van der Waals surface area (Å²) >= 11 is 0. The summed E-state index contributed by atoms with van der Waals surface area (Å²) in [5, 5.41) is 0. The average Bonchev–Trinajstić information content (AvgIpc) is 2.44. The minimum absolute atomic E-state index is 0.0408. The Hall–Kier alpha value is -0.850. The minimum atomic E-state index is -5.68. The molecule has 0 aromatic heterocycles. The van der Waals surface area contributed by atoms with Crippen LogP contribution in [0.3, 0.4) is 0 Å². The molecule has 0 N–H and O–H groups in total. The Kier molecular flexibility index (Phi) is 9.68. The van der Waals surface area contributed by atoms with E-state index in [9.17, 15) is 47.9 Å². The van der Waals surface area contributed by atoms with Crippen LogP contribution in [0.25, 0.3) is 0 Å². The highest BCUT2D eigenvalue weighted by Crippen LogP contribution is 2.45. The third-order valence-corrected chi connectivity index (χ3v) is 5.81. The molecule has 13 heteroatoms. The predicted octanol–water partition coefficient (Wildman–Crippen LogP) is 4.83. The lowest BCUT2D eigenvalue weighted by Gasteiger charge is -2.31. The van der Waals surface area contributed by atoms with Crippen molar-refractivity contribution in [3.8, 4) is 0 Å². The summed E-state index contributed by atoms with van der Waals surface area (Å²) in [5.41, 5.74) is -4.39. The number of hydrogen-bond donors (Lipinski definition) is 0. The second-order valence-corrected chi connectivity index (χ2v) is 9.75. The highest BCUT2D eigenvalue weighted by atomic mass is 32.2. The van der Waals surface area contributed by atoms with Crippen LogP contribution in [0, 0.1) is 12.3 Å². The Labute approximate surface area is 164 Å². The molecule has 0 saturated heterocycles. The molecule has 0 aromatic carbocycles. The monoisotopic (exact) mass is 466 g/mol. The molecule has 0 bridgehead atoms. The molecule has 2 unspecified atom stereocenters.